The summed E-state index contributed by atoms with van der Waals surface area (Å²) in [4.78, 5) is 21.2. The molecule has 1 saturated heterocycles. The number of aryl methyl sites for hydroxylation is 1. The van der Waals surface area contributed by atoms with Gasteiger partial charge in [-0.25, -0.2) is 4.98 Å². The van der Waals surface area contributed by atoms with E-state index in [9.17, 15) is 4.79 Å². The lowest BCUT2D eigenvalue weighted by Crippen LogP contribution is -2.44. The van der Waals surface area contributed by atoms with Gasteiger partial charge in [0.15, 0.2) is 0 Å². The van der Waals surface area contributed by atoms with E-state index in [2.05, 4.69) is 27.1 Å². The fourth-order valence-electron chi connectivity index (χ4n) is 2.96. The molecule has 1 amide bonds. The highest BCUT2D eigenvalue weighted by Crippen LogP contribution is 2.17. The second-order valence-electron chi connectivity index (χ2n) is 6.59. The molecule has 6 nitrogen and oxygen atoms in total. The molecule has 0 bridgehead atoms. The Morgan fingerprint density at radius 2 is 1.85 bits per heavy atom. The fourth-order valence-corrected chi connectivity index (χ4v) is 2.96. The molecule has 1 aliphatic heterocycles. The van der Waals surface area contributed by atoms with Gasteiger partial charge in [0.1, 0.15) is 11.6 Å². The molecule has 26 heavy (non-hydrogen) atoms. The molecule has 1 aromatic heterocycles. The number of anilines is 2. The molecule has 1 aromatic carbocycles. The Morgan fingerprint density at radius 3 is 2.46 bits per heavy atom. The molecule has 2 aromatic rings. The van der Waals surface area contributed by atoms with Crippen molar-refractivity contribution in [3.63, 3.8) is 0 Å². The molecule has 0 unspecified atom stereocenters. The second-order valence-corrected chi connectivity index (χ2v) is 6.59. The highest BCUT2D eigenvalue weighted by atomic mass is 16.5. The van der Waals surface area contributed by atoms with Crippen molar-refractivity contribution in [2.24, 2.45) is 0 Å². The zero-order chi connectivity index (χ0) is 18.4. The molecular weight excluding hydrogens is 328 g/mol. The second kappa shape index (κ2) is 8.67. The summed E-state index contributed by atoms with van der Waals surface area (Å²) in [6.45, 7) is 4.06. The number of methoxy groups -OCH3 is 1. The topological polar surface area (TPSA) is 57.7 Å². The lowest BCUT2D eigenvalue weighted by atomic mass is 10.1. The number of rotatable bonds is 6. The SMILES string of the molecule is COc1ccc(CCC(=O)Nc2ccc(N3CCN(C)CC3)nc2)cc1. The van der Waals surface area contributed by atoms with Gasteiger partial charge in [0.2, 0.25) is 5.91 Å². The number of carbonyl (C=O) groups excluding carboxylic acids is 1. The summed E-state index contributed by atoms with van der Waals surface area (Å²) >= 11 is 0. The van der Waals surface area contributed by atoms with Crippen molar-refractivity contribution in [2.45, 2.75) is 12.8 Å². The summed E-state index contributed by atoms with van der Waals surface area (Å²) < 4.78 is 5.14. The minimum Gasteiger partial charge on any atom is -0.497 e. The van der Waals surface area contributed by atoms with E-state index >= 15 is 0 Å². The van der Waals surface area contributed by atoms with Crippen molar-refractivity contribution in [1.29, 1.82) is 0 Å². The molecule has 1 aliphatic rings. The van der Waals surface area contributed by atoms with E-state index in [-0.39, 0.29) is 5.91 Å². The molecular formula is C20H26N4O2. The first-order chi connectivity index (χ1) is 12.6. The number of aromatic nitrogens is 1. The van der Waals surface area contributed by atoms with Crippen LogP contribution in [0.15, 0.2) is 42.6 Å². The van der Waals surface area contributed by atoms with E-state index in [0.29, 0.717) is 12.8 Å². The van der Waals surface area contributed by atoms with Crippen LogP contribution in [0, 0.1) is 0 Å². The number of benzene rings is 1. The smallest absolute Gasteiger partial charge is 0.224 e. The molecule has 1 N–H and O–H groups in total. The third-order valence-corrected chi connectivity index (χ3v) is 4.66. The number of likely N-dealkylation sites (N-methyl/N-ethyl adjacent to an activating group) is 1. The zero-order valence-electron chi connectivity index (χ0n) is 15.4. The Balaban J connectivity index is 1.47. The Hall–Kier alpha value is -2.60. The minimum atomic E-state index is -0.00466. The molecule has 3 rings (SSSR count). The van der Waals surface area contributed by atoms with Gasteiger partial charge in [0.25, 0.3) is 0 Å². The summed E-state index contributed by atoms with van der Waals surface area (Å²) in [5.74, 6) is 1.79. The first kappa shape index (κ1) is 18.2. The van der Waals surface area contributed by atoms with Crippen LogP contribution in [0.1, 0.15) is 12.0 Å². The normalized spacial score (nSPS) is 14.9. The maximum atomic E-state index is 12.2. The highest BCUT2D eigenvalue weighted by Gasteiger charge is 2.15. The Kier molecular flexibility index (Phi) is 6.07. The lowest BCUT2D eigenvalue weighted by Gasteiger charge is -2.33. The van der Waals surface area contributed by atoms with Crippen LogP contribution in [0.5, 0.6) is 5.75 Å². The van der Waals surface area contributed by atoms with Crippen molar-refractivity contribution in [3.8, 4) is 5.75 Å². The van der Waals surface area contributed by atoms with Gasteiger partial charge in [0.05, 0.1) is 19.0 Å². The van der Waals surface area contributed by atoms with Crippen molar-refractivity contribution < 1.29 is 9.53 Å². The van der Waals surface area contributed by atoms with E-state index in [1.165, 1.54) is 0 Å². The van der Waals surface area contributed by atoms with E-state index in [4.69, 9.17) is 4.74 Å². The maximum Gasteiger partial charge on any atom is 0.224 e. The summed E-state index contributed by atoms with van der Waals surface area (Å²) in [5.41, 5.74) is 1.85. The molecule has 0 saturated carbocycles. The van der Waals surface area contributed by atoms with Crippen LogP contribution in [0.4, 0.5) is 11.5 Å². The number of carbonyl (C=O) groups is 1. The number of ether oxygens (including phenoxy) is 1. The number of nitrogens with zero attached hydrogens (tertiary/aromatic N) is 3. The third-order valence-electron chi connectivity index (χ3n) is 4.66. The van der Waals surface area contributed by atoms with E-state index < -0.39 is 0 Å². The van der Waals surface area contributed by atoms with Crippen LogP contribution >= 0.6 is 0 Å². The maximum absolute atomic E-state index is 12.2. The highest BCUT2D eigenvalue weighted by molar-refractivity contribution is 5.90. The van der Waals surface area contributed by atoms with Crippen molar-refractivity contribution in [3.05, 3.63) is 48.2 Å². The standard InChI is InChI=1S/C20H26N4O2/c1-23-11-13-24(14-12-23)19-9-6-17(15-21-19)22-20(25)10-5-16-3-7-18(26-2)8-4-16/h3-4,6-9,15H,5,10-14H2,1-2H3,(H,22,25). The van der Waals surface area contributed by atoms with Crippen LogP contribution in [-0.4, -0.2) is 56.1 Å². The van der Waals surface area contributed by atoms with E-state index in [0.717, 1.165) is 49.0 Å². The predicted octanol–water partition coefficient (Wildman–Crippen LogP) is 2.41. The van der Waals surface area contributed by atoms with E-state index in [1.807, 2.05) is 36.4 Å². The van der Waals surface area contributed by atoms with E-state index in [1.54, 1.807) is 13.3 Å². The van der Waals surface area contributed by atoms with Crippen LogP contribution < -0.4 is 15.0 Å². The molecule has 0 radical (unpaired) electrons. The summed E-state index contributed by atoms with van der Waals surface area (Å²) in [7, 11) is 3.78. The van der Waals surface area contributed by atoms with Gasteiger partial charge in [-0.3, -0.25) is 4.79 Å². The summed E-state index contributed by atoms with van der Waals surface area (Å²) in [5, 5.41) is 2.92. The zero-order valence-corrected chi connectivity index (χ0v) is 15.4. The number of amides is 1. The molecule has 6 heteroatoms. The third kappa shape index (κ3) is 4.95. The Labute approximate surface area is 154 Å². The largest absolute Gasteiger partial charge is 0.497 e. The summed E-state index contributed by atoms with van der Waals surface area (Å²) in [6, 6.07) is 11.7. The molecule has 0 aliphatic carbocycles. The quantitative estimate of drug-likeness (QED) is 0.863. The van der Waals surface area contributed by atoms with Gasteiger partial charge >= 0.3 is 0 Å². The van der Waals surface area contributed by atoms with Gasteiger partial charge in [-0.1, -0.05) is 12.1 Å². The van der Waals surface area contributed by atoms with Crippen LogP contribution in [0.2, 0.25) is 0 Å². The molecule has 138 valence electrons. The van der Waals surface area contributed by atoms with Gasteiger partial charge < -0.3 is 19.9 Å². The average Bonchev–Trinajstić information content (AvgIpc) is 2.68. The molecule has 0 spiro atoms. The average molecular weight is 354 g/mol. The minimum absolute atomic E-state index is 0.00466. The number of hydrogen-bond acceptors (Lipinski definition) is 5. The van der Waals surface area contributed by atoms with Crippen LogP contribution in [-0.2, 0) is 11.2 Å². The fraction of sp³-hybridized carbons (Fsp3) is 0.400. The first-order valence-corrected chi connectivity index (χ1v) is 8.96. The number of nitrogens with one attached hydrogen (secondary N) is 1. The number of piperazine rings is 1. The van der Waals surface area contributed by atoms with Crippen LogP contribution in [0.25, 0.3) is 0 Å². The van der Waals surface area contributed by atoms with Crippen molar-refractivity contribution in [1.82, 2.24) is 9.88 Å². The summed E-state index contributed by atoms with van der Waals surface area (Å²) in [6.07, 6.45) is 2.87. The first-order valence-electron chi connectivity index (χ1n) is 8.96. The van der Waals surface area contributed by atoms with Crippen molar-refractivity contribution >= 4 is 17.4 Å². The molecule has 2 heterocycles. The Bertz CT molecular complexity index is 708. The number of hydrogen-bond donors (Lipinski definition) is 1. The van der Waals surface area contributed by atoms with Crippen LogP contribution in [0.3, 0.4) is 0 Å². The predicted molar refractivity (Wildman–Crippen MR) is 104 cm³/mol. The Morgan fingerprint density at radius 1 is 1.12 bits per heavy atom. The van der Waals surface area contributed by atoms with Crippen molar-refractivity contribution in [2.75, 3.05) is 50.6 Å². The lowest BCUT2D eigenvalue weighted by molar-refractivity contribution is -0.116. The van der Waals surface area contributed by atoms with Gasteiger partial charge in [-0.2, -0.15) is 0 Å². The number of pyridine rings is 1. The molecule has 1 fully saturated rings. The monoisotopic (exact) mass is 354 g/mol. The molecule has 0 atom stereocenters. The van der Waals surface area contributed by atoms with Gasteiger partial charge in [-0.05, 0) is 43.3 Å². The van der Waals surface area contributed by atoms with Gasteiger partial charge in [0, 0.05) is 32.6 Å². The van der Waals surface area contributed by atoms with Gasteiger partial charge in [-0.15, -0.1) is 0 Å².